The summed E-state index contributed by atoms with van der Waals surface area (Å²) >= 11 is 1.26. The highest BCUT2D eigenvalue weighted by Crippen LogP contribution is 2.14. The number of unbranched alkanes of at least 4 members (excludes halogenated alkanes) is 2. The Hall–Kier alpha value is -1.43. The lowest BCUT2D eigenvalue weighted by molar-refractivity contribution is 0.609. The second kappa shape index (κ2) is 13.0. The minimum Gasteiger partial charge on any atom is -0.410 e. The highest BCUT2D eigenvalue weighted by atomic mass is 32.2. The van der Waals surface area contributed by atoms with Gasteiger partial charge >= 0.3 is 0 Å². The molecule has 0 aromatic heterocycles. The predicted molar refractivity (Wildman–Crippen MR) is 101 cm³/mol. The van der Waals surface area contributed by atoms with Crippen molar-refractivity contribution in [3.05, 3.63) is 54.8 Å². The number of para-hydroxylation sites is 1. The summed E-state index contributed by atoms with van der Waals surface area (Å²) in [5, 5.41) is 3.40. The summed E-state index contributed by atoms with van der Waals surface area (Å²) in [6, 6.07) is 10.1. The third kappa shape index (κ3) is 10.0. The first kappa shape index (κ1) is 19.6. The van der Waals surface area contributed by atoms with E-state index in [1.165, 1.54) is 18.6 Å². The second-order valence-electron chi connectivity index (χ2n) is 5.37. The van der Waals surface area contributed by atoms with Crippen LogP contribution in [0.2, 0.25) is 0 Å². The van der Waals surface area contributed by atoms with Gasteiger partial charge in [-0.05, 0) is 50.9 Å². The minimum atomic E-state index is 0.303. The van der Waals surface area contributed by atoms with Crippen molar-refractivity contribution >= 4 is 12.2 Å². The van der Waals surface area contributed by atoms with E-state index in [1.54, 1.807) is 0 Å². The van der Waals surface area contributed by atoms with Crippen molar-refractivity contribution in [1.29, 1.82) is 0 Å². The van der Waals surface area contributed by atoms with Crippen LogP contribution in [0, 0.1) is 0 Å². The fraction of sp³-hybridized carbons (Fsp3) is 0.444. The fourth-order valence-electron chi connectivity index (χ4n) is 1.89. The molecule has 4 nitrogen and oxygen atoms in total. The standard InChI is InChI=1S/C18H29N3OS/c1-3-17(20-15-9-5-8-14-19)13-12-16(2)21-23-22-18-10-6-4-7-11-18/h3-4,6-7,10-11,13,16,20-21H,1,5,8-9,12,14-15,19H2,2H3/b17-13+. The molecule has 1 atom stereocenters. The molecule has 0 radical (unpaired) electrons. The summed E-state index contributed by atoms with van der Waals surface area (Å²) in [6.45, 7) is 7.72. The van der Waals surface area contributed by atoms with Crippen molar-refractivity contribution in [3.63, 3.8) is 0 Å². The molecule has 1 aromatic rings. The van der Waals surface area contributed by atoms with Gasteiger partial charge in [-0.1, -0.05) is 37.3 Å². The maximum absolute atomic E-state index is 5.55. The molecule has 4 N–H and O–H groups in total. The zero-order chi connectivity index (χ0) is 16.8. The van der Waals surface area contributed by atoms with Gasteiger partial charge in [-0.2, -0.15) is 0 Å². The van der Waals surface area contributed by atoms with Crippen LogP contribution in [0.25, 0.3) is 0 Å². The second-order valence-corrected chi connectivity index (χ2v) is 5.94. The van der Waals surface area contributed by atoms with Gasteiger partial charge in [0.1, 0.15) is 18.0 Å². The Kier molecular flexibility index (Phi) is 11.1. The Labute approximate surface area is 144 Å². The van der Waals surface area contributed by atoms with E-state index in [2.05, 4.69) is 29.6 Å². The van der Waals surface area contributed by atoms with Crippen molar-refractivity contribution in [2.24, 2.45) is 5.73 Å². The Morgan fingerprint density at radius 2 is 2.09 bits per heavy atom. The number of nitrogens with two attached hydrogens (primary N) is 1. The first-order chi connectivity index (χ1) is 11.3. The van der Waals surface area contributed by atoms with Crippen molar-refractivity contribution in [1.82, 2.24) is 10.0 Å². The summed E-state index contributed by atoms with van der Waals surface area (Å²) in [7, 11) is 0. The van der Waals surface area contributed by atoms with Gasteiger partial charge in [0.05, 0.1) is 0 Å². The van der Waals surface area contributed by atoms with Crippen LogP contribution in [-0.4, -0.2) is 19.1 Å². The molecule has 0 bridgehead atoms. The summed E-state index contributed by atoms with van der Waals surface area (Å²) in [5.41, 5.74) is 6.57. The molecule has 1 aromatic carbocycles. The molecule has 0 aliphatic carbocycles. The smallest absolute Gasteiger partial charge is 0.143 e. The zero-order valence-electron chi connectivity index (χ0n) is 14.0. The third-order valence-corrected chi connectivity index (χ3v) is 4.03. The molecular formula is C18H29N3OS. The van der Waals surface area contributed by atoms with Crippen molar-refractivity contribution in [3.8, 4) is 5.75 Å². The first-order valence-electron chi connectivity index (χ1n) is 8.17. The highest BCUT2D eigenvalue weighted by Gasteiger charge is 2.01. The van der Waals surface area contributed by atoms with Crippen LogP contribution >= 0.6 is 12.2 Å². The molecule has 0 spiro atoms. The molecule has 128 valence electrons. The van der Waals surface area contributed by atoms with E-state index in [1.807, 2.05) is 36.4 Å². The molecule has 0 saturated carbocycles. The Bertz CT molecular complexity index is 451. The van der Waals surface area contributed by atoms with Gasteiger partial charge in [-0.3, -0.25) is 0 Å². The van der Waals surface area contributed by atoms with Gasteiger partial charge < -0.3 is 15.2 Å². The Morgan fingerprint density at radius 3 is 2.78 bits per heavy atom. The number of hydrogen-bond donors (Lipinski definition) is 3. The van der Waals surface area contributed by atoms with Crippen LogP contribution in [0.1, 0.15) is 32.6 Å². The third-order valence-electron chi connectivity index (χ3n) is 3.25. The fourth-order valence-corrected chi connectivity index (χ4v) is 2.40. The summed E-state index contributed by atoms with van der Waals surface area (Å²) in [6.07, 6.45) is 8.33. The lowest BCUT2D eigenvalue weighted by Crippen LogP contribution is -2.20. The van der Waals surface area contributed by atoms with Crippen LogP contribution in [0.4, 0.5) is 0 Å². The minimum absolute atomic E-state index is 0.303. The number of nitrogens with one attached hydrogen (secondary N) is 2. The van der Waals surface area contributed by atoms with E-state index in [9.17, 15) is 0 Å². The average Bonchev–Trinajstić information content (AvgIpc) is 2.58. The van der Waals surface area contributed by atoms with E-state index < -0.39 is 0 Å². The van der Waals surface area contributed by atoms with Crippen LogP contribution in [0.3, 0.4) is 0 Å². The normalized spacial score (nSPS) is 12.7. The highest BCUT2D eigenvalue weighted by molar-refractivity contribution is 7.93. The van der Waals surface area contributed by atoms with Gasteiger partial charge in [0, 0.05) is 18.3 Å². The average molecular weight is 336 g/mol. The zero-order valence-corrected chi connectivity index (χ0v) is 14.8. The van der Waals surface area contributed by atoms with Crippen LogP contribution < -0.4 is 20.0 Å². The molecule has 5 heteroatoms. The van der Waals surface area contributed by atoms with Crippen LogP contribution in [0.5, 0.6) is 5.75 Å². The van der Waals surface area contributed by atoms with Crippen LogP contribution in [-0.2, 0) is 0 Å². The van der Waals surface area contributed by atoms with Gasteiger partial charge in [0.25, 0.3) is 0 Å². The van der Waals surface area contributed by atoms with Crippen molar-refractivity contribution in [2.75, 3.05) is 13.1 Å². The summed E-state index contributed by atoms with van der Waals surface area (Å²) in [5.74, 6) is 0.846. The maximum atomic E-state index is 5.55. The van der Waals surface area contributed by atoms with E-state index >= 15 is 0 Å². The number of rotatable bonds is 13. The molecular weight excluding hydrogens is 306 g/mol. The van der Waals surface area contributed by atoms with Gasteiger partial charge in [0.15, 0.2) is 0 Å². The molecule has 0 amide bonds. The molecule has 0 aliphatic heterocycles. The van der Waals surface area contributed by atoms with E-state index in [-0.39, 0.29) is 0 Å². The van der Waals surface area contributed by atoms with E-state index in [0.717, 1.165) is 43.8 Å². The summed E-state index contributed by atoms with van der Waals surface area (Å²) < 4.78 is 8.82. The Morgan fingerprint density at radius 1 is 1.30 bits per heavy atom. The van der Waals surface area contributed by atoms with Gasteiger partial charge in [-0.25, -0.2) is 4.72 Å². The first-order valence-corrected chi connectivity index (χ1v) is 8.91. The molecule has 0 heterocycles. The quantitative estimate of drug-likeness (QED) is 0.222. The largest absolute Gasteiger partial charge is 0.410 e. The van der Waals surface area contributed by atoms with E-state index in [0.29, 0.717) is 6.04 Å². The maximum Gasteiger partial charge on any atom is 0.143 e. The SMILES string of the molecule is C=C/C(=C\CC(C)NSOc1ccccc1)NCCCCCN. The number of hydrogen-bond acceptors (Lipinski definition) is 5. The molecule has 0 saturated heterocycles. The van der Waals surface area contributed by atoms with E-state index in [4.69, 9.17) is 9.92 Å². The van der Waals surface area contributed by atoms with Gasteiger partial charge in [0.2, 0.25) is 0 Å². The van der Waals surface area contributed by atoms with Crippen LogP contribution in [0.15, 0.2) is 54.8 Å². The monoisotopic (exact) mass is 335 g/mol. The molecule has 0 aliphatic rings. The van der Waals surface area contributed by atoms with Gasteiger partial charge in [-0.15, -0.1) is 0 Å². The molecule has 1 unspecified atom stereocenters. The molecule has 1 rings (SSSR count). The molecule has 0 fully saturated rings. The predicted octanol–water partition coefficient (Wildman–Crippen LogP) is 3.79. The van der Waals surface area contributed by atoms with Crippen molar-refractivity contribution < 1.29 is 4.18 Å². The Balaban J connectivity index is 2.17. The molecule has 23 heavy (non-hydrogen) atoms. The lowest BCUT2D eigenvalue weighted by atomic mass is 10.2. The topological polar surface area (TPSA) is 59.3 Å². The van der Waals surface area contributed by atoms with Crippen molar-refractivity contribution in [2.45, 2.75) is 38.6 Å². The number of allylic oxidation sites excluding steroid dienone is 1. The lowest BCUT2D eigenvalue weighted by Gasteiger charge is -2.12. The number of benzene rings is 1. The summed E-state index contributed by atoms with van der Waals surface area (Å²) in [4.78, 5) is 0.